The van der Waals surface area contributed by atoms with E-state index >= 15 is 0 Å². The van der Waals surface area contributed by atoms with Crippen LogP contribution in [0, 0.1) is 20.8 Å². The highest BCUT2D eigenvalue weighted by molar-refractivity contribution is 7.47. The fourth-order valence-corrected chi connectivity index (χ4v) is 2.21. The lowest BCUT2D eigenvalue weighted by atomic mass is 10.1. The van der Waals surface area contributed by atoms with Crippen molar-refractivity contribution in [2.75, 3.05) is 6.16 Å². The number of hydrogen-bond donors (Lipinski definition) is 0. The average molecular weight is 179 g/mol. The Morgan fingerprint density at radius 1 is 1.08 bits per heavy atom. The lowest BCUT2D eigenvalue weighted by molar-refractivity contribution is 1.28. The van der Waals surface area contributed by atoms with Crippen molar-refractivity contribution in [2.24, 2.45) is 0 Å². The van der Waals surface area contributed by atoms with E-state index in [0.717, 1.165) is 0 Å². The highest BCUT2D eigenvalue weighted by atomic mass is 31.1. The Morgan fingerprint density at radius 3 is 2.33 bits per heavy atom. The highest BCUT2D eigenvalue weighted by Crippen LogP contribution is 2.17. The number of aryl methyl sites for hydroxylation is 1. The largest absolute Gasteiger partial charge is 0.0608 e. The second-order valence-electron chi connectivity index (χ2n) is 3.13. The molecule has 0 heterocycles. The zero-order chi connectivity index (χ0) is 9.14. The molecule has 0 aliphatic heterocycles. The van der Waals surface area contributed by atoms with Gasteiger partial charge in [0.25, 0.3) is 0 Å². The van der Waals surface area contributed by atoms with E-state index in [2.05, 4.69) is 39.8 Å². The minimum atomic E-state index is 1.21. The van der Waals surface area contributed by atoms with Crippen LogP contribution >= 0.6 is 8.58 Å². The lowest BCUT2D eigenvalue weighted by Crippen LogP contribution is -2.03. The first-order valence-electron chi connectivity index (χ1n) is 4.41. The molecular weight excluding hydrogens is 163 g/mol. The van der Waals surface area contributed by atoms with E-state index in [-0.39, 0.29) is 0 Å². The Hall–Kier alpha value is -0.350. The summed E-state index contributed by atoms with van der Waals surface area (Å²) in [5.74, 6) is 0. The molecule has 1 heteroatoms. The van der Waals surface area contributed by atoms with Gasteiger partial charge in [-0.2, -0.15) is 0 Å². The molecule has 1 rings (SSSR count). The van der Waals surface area contributed by atoms with Gasteiger partial charge in [-0.05, 0) is 57.5 Å². The van der Waals surface area contributed by atoms with E-state index < -0.39 is 0 Å². The van der Waals surface area contributed by atoms with Gasteiger partial charge in [0.1, 0.15) is 0 Å². The maximum Gasteiger partial charge on any atom is -0.0162 e. The molecule has 1 radical (unpaired) electrons. The van der Waals surface area contributed by atoms with E-state index in [1.807, 2.05) is 0 Å². The maximum absolute atomic E-state index is 2.25. The van der Waals surface area contributed by atoms with Crippen molar-refractivity contribution in [3.63, 3.8) is 0 Å². The molecule has 65 valence electrons. The smallest absolute Gasteiger partial charge is 0.0162 e. The number of rotatable bonds is 2. The van der Waals surface area contributed by atoms with Crippen LogP contribution in [0.2, 0.25) is 0 Å². The van der Waals surface area contributed by atoms with E-state index in [4.69, 9.17) is 0 Å². The van der Waals surface area contributed by atoms with Gasteiger partial charge in [0.05, 0.1) is 0 Å². The summed E-state index contributed by atoms with van der Waals surface area (Å²) in [6.07, 6.45) is 1.21. The summed E-state index contributed by atoms with van der Waals surface area (Å²) in [6, 6.07) is 4.48. The Morgan fingerprint density at radius 2 is 1.75 bits per heavy atom. The van der Waals surface area contributed by atoms with Crippen LogP contribution in [0.15, 0.2) is 12.1 Å². The van der Waals surface area contributed by atoms with E-state index in [1.54, 1.807) is 0 Å². The number of hydrogen-bond acceptors (Lipinski definition) is 0. The quantitative estimate of drug-likeness (QED) is 0.611. The van der Waals surface area contributed by atoms with Gasteiger partial charge in [-0.25, -0.2) is 0 Å². The topological polar surface area (TPSA) is 0 Å². The molecule has 0 saturated carbocycles. The second kappa shape index (κ2) is 4.05. The van der Waals surface area contributed by atoms with Crippen molar-refractivity contribution in [3.05, 3.63) is 28.8 Å². The molecule has 0 N–H and O–H groups in total. The molecule has 0 atom stereocenters. The first-order chi connectivity index (χ1) is 5.66. The van der Waals surface area contributed by atoms with Crippen molar-refractivity contribution in [3.8, 4) is 0 Å². The predicted molar refractivity (Wildman–Crippen MR) is 57.7 cm³/mol. The highest BCUT2D eigenvalue weighted by Gasteiger charge is 2.02. The van der Waals surface area contributed by atoms with Crippen LogP contribution in [-0.2, 0) is 0 Å². The summed E-state index contributed by atoms with van der Waals surface area (Å²) in [7, 11) is 1.45. The van der Waals surface area contributed by atoms with Gasteiger partial charge in [0.15, 0.2) is 0 Å². The molecule has 0 aromatic heterocycles. The molecule has 0 aliphatic carbocycles. The summed E-state index contributed by atoms with van der Waals surface area (Å²) in [6.45, 7) is 8.82. The van der Waals surface area contributed by atoms with Crippen LogP contribution in [0.3, 0.4) is 0 Å². The van der Waals surface area contributed by atoms with E-state index in [1.165, 1.54) is 36.7 Å². The summed E-state index contributed by atoms with van der Waals surface area (Å²) in [5, 5.41) is 1.49. The molecule has 0 bridgehead atoms. The second-order valence-corrected chi connectivity index (χ2v) is 4.56. The third kappa shape index (κ3) is 1.87. The first-order valence-corrected chi connectivity index (χ1v) is 5.49. The molecule has 0 unspecified atom stereocenters. The van der Waals surface area contributed by atoms with Crippen LogP contribution in [0.1, 0.15) is 23.6 Å². The molecule has 1 aromatic carbocycles. The molecule has 0 spiro atoms. The normalized spacial score (nSPS) is 11.3. The van der Waals surface area contributed by atoms with Crippen LogP contribution < -0.4 is 5.30 Å². The summed E-state index contributed by atoms with van der Waals surface area (Å²) < 4.78 is 0. The van der Waals surface area contributed by atoms with Crippen molar-refractivity contribution >= 4 is 13.9 Å². The van der Waals surface area contributed by atoms with Crippen molar-refractivity contribution in [2.45, 2.75) is 27.7 Å². The maximum atomic E-state index is 2.25. The minimum absolute atomic E-state index is 1.21. The molecule has 0 nitrogen and oxygen atoms in total. The number of benzene rings is 1. The zero-order valence-corrected chi connectivity index (χ0v) is 9.20. The van der Waals surface area contributed by atoms with Crippen molar-refractivity contribution in [1.29, 1.82) is 0 Å². The third-order valence-corrected chi connectivity index (χ3v) is 3.50. The van der Waals surface area contributed by atoms with Gasteiger partial charge < -0.3 is 0 Å². The lowest BCUT2D eigenvalue weighted by Gasteiger charge is -2.09. The average Bonchev–Trinajstić information content (AvgIpc) is 2.07. The summed E-state index contributed by atoms with van der Waals surface area (Å²) >= 11 is 0. The van der Waals surface area contributed by atoms with Gasteiger partial charge in [-0.3, -0.25) is 0 Å². The fraction of sp³-hybridized carbons (Fsp3) is 0.455. The van der Waals surface area contributed by atoms with Crippen molar-refractivity contribution < 1.29 is 0 Å². The van der Waals surface area contributed by atoms with Crippen molar-refractivity contribution in [1.82, 2.24) is 0 Å². The van der Waals surface area contributed by atoms with Gasteiger partial charge in [0.2, 0.25) is 0 Å². The third-order valence-electron chi connectivity index (χ3n) is 2.36. The molecule has 0 aliphatic rings. The van der Waals surface area contributed by atoms with E-state index in [0.29, 0.717) is 0 Å². The van der Waals surface area contributed by atoms with Gasteiger partial charge >= 0.3 is 0 Å². The first kappa shape index (κ1) is 9.74. The summed E-state index contributed by atoms with van der Waals surface area (Å²) in [4.78, 5) is 0. The minimum Gasteiger partial charge on any atom is -0.0608 e. The summed E-state index contributed by atoms with van der Waals surface area (Å²) in [5.41, 5.74) is 4.33. The molecule has 0 saturated heterocycles. The van der Waals surface area contributed by atoms with Gasteiger partial charge in [-0.1, -0.05) is 19.1 Å². The predicted octanol–water partition coefficient (Wildman–Crippen LogP) is 3.20. The molecular formula is C11H16P. The Bertz CT molecular complexity index is 277. The standard InChI is InChI=1S/C11H16P/c1-5-12-11-7-6-8(2)9(3)10(11)4/h6-7H,5H2,1-4H3. The SMILES string of the molecule is CC[P]c1ccc(C)c(C)c1C. The Balaban J connectivity index is 3.08. The zero-order valence-electron chi connectivity index (χ0n) is 8.31. The Labute approximate surface area is 77.2 Å². The fourth-order valence-electron chi connectivity index (χ4n) is 1.28. The van der Waals surface area contributed by atoms with Crippen LogP contribution in [0.5, 0.6) is 0 Å². The van der Waals surface area contributed by atoms with Gasteiger partial charge in [-0.15, -0.1) is 0 Å². The monoisotopic (exact) mass is 179 g/mol. The van der Waals surface area contributed by atoms with Crippen LogP contribution in [0.25, 0.3) is 0 Å². The van der Waals surface area contributed by atoms with Gasteiger partial charge in [0, 0.05) is 0 Å². The molecule has 12 heavy (non-hydrogen) atoms. The van der Waals surface area contributed by atoms with Crippen LogP contribution in [-0.4, -0.2) is 6.16 Å². The molecule has 0 amide bonds. The molecule has 0 fully saturated rings. The molecule has 1 aromatic rings. The Kier molecular flexibility index (Phi) is 3.29. The van der Waals surface area contributed by atoms with E-state index in [9.17, 15) is 0 Å². The van der Waals surface area contributed by atoms with Crippen LogP contribution in [0.4, 0.5) is 0 Å².